The van der Waals surface area contributed by atoms with Gasteiger partial charge in [0.15, 0.2) is 11.5 Å². The third kappa shape index (κ3) is 3.02. The van der Waals surface area contributed by atoms with E-state index in [9.17, 15) is 4.79 Å². The number of carbonyl (C=O) groups is 1. The zero-order chi connectivity index (χ0) is 21.0. The van der Waals surface area contributed by atoms with Gasteiger partial charge >= 0.3 is 0 Å². The SMILES string of the molecule is Cc1ccc(CC(=O)C2(c3ccc4c(c3)OCO4)CC2)cc1-c1ccc2cc[nH]c2c1. The molecule has 154 valence electrons. The zero-order valence-corrected chi connectivity index (χ0v) is 17.4. The Labute approximate surface area is 180 Å². The maximum Gasteiger partial charge on any atom is 0.231 e. The number of ether oxygens (including phenoxy) is 2. The molecule has 31 heavy (non-hydrogen) atoms. The highest BCUT2D eigenvalue weighted by Crippen LogP contribution is 2.51. The smallest absolute Gasteiger partial charge is 0.231 e. The molecule has 0 spiro atoms. The van der Waals surface area contributed by atoms with Crippen molar-refractivity contribution in [2.24, 2.45) is 0 Å². The number of hydrogen-bond donors (Lipinski definition) is 1. The summed E-state index contributed by atoms with van der Waals surface area (Å²) < 4.78 is 10.9. The molecular formula is C27H23NO3. The third-order valence-corrected chi connectivity index (χ3v) is 6.74. The van der Waals surface area contributed by atoms with Crippen molar-refractivity contribution in [3.8, 4) is 22.6 Å². The number of fused-ring (bicyclic) bond motifs is 2. The average molecular weight is 409 g/mol. The summed E-state index contributed by atoms with van der Waals surface area (Å²) in [5.74, 6) is 1.78. The second-order valence-corrected chi connectivity index (χ2v) is 8.68. The van der Waals surface area contributed by atoms with E-state index in [4.69, 9.17) is 9.47 Å². The Morgan fingerprint density at radius 2 is 1.84 bits per heavy atom. The van der Waals surface area contributed by atoms with Crippen LogP contribution in [0.3, 0.4) is 0 Å². The number of carbonyl (C=O) groups excluding carboxylic acids is 1. The Morgan fingerprint density at radius 1 is 0.968 bits per heavy atom. The summed E-state index contributed by atoms with van der Waals surface area (Å²) in [6, 6.07) is 20.8. The van der Waals surface area contributed by atoms with Gasteiger partial charge < -0.3 is 14.5 Å². The molecular weight excluding hydrogens is 386 g/mol. The van der Waals surface area contributed by atoms with E-state index in [2.05, 4.69) is 54.4 Å². The van der Waals surface area contributed by atoms with Crippen LogP contribution in [0, 0.1) is 6.92 Å². The number of ketones is 1. The van der Waals surface area contributed by atoms with E-state index in [1.54, 1.807) is 0 Å². The second kappa shape index (κ2) is 6.74. The van der Waals surface area contributed by atoms with E-state index in [1.807, 2.05) is 24.4 Å². The maximum atomic E-state index is 13.4. The van der Waals surface area contributed by atoms with Crippen molar-refractivity contribution >= 4 is 16.7 Å². The van der Waals surface area contributed by atoms with Gasteiger partial charge in [0.1, 0.15) is 5.78 Å². The number of aromatic nitrogens is 1. The monoisotopic (exact) mass is 409 g/mol. The molecule has 2 aliphatic rings. The van der Waals surface area contributed by atoms with Gasteiger partial charge in [0.05, 0.1) is 5.41 Å². The first-order chi connectivity index (χ1) is 15.1. The first-order valence-corrected chi connectivity index (χ1v) is 10.7. The Hall–Kier alpha value is -3.53. The van der Waals surface area contributed by atoms with Crippen LogP contribution in [0.1, 0.15) is 29.5 Å². The van der Waals surface area contributed by atoms with E-state index < -0.39 is 0 Å². The molecule has 3 aromatic carbocycles. The summed E-state index contributed by atoms with van der Waals surface area (Å²) in [4.78, 5) is 16.7. The number of H-pyrrole nitrogens is 1. The standard InChI is InChI=1S/C27H23NO3/c1-17-2-3-18(12-22(17)20-5-4-19-8-11-28-23(19)14-20)13-26(29)27(9-10-27)21-6-7-24-25(15-21)31-16-30-24/h2-8,11-12,14-15,28H,9-10,13,16H2,1H3. The highest BCUT2D eigenvalue weighted by Gasteiger charge is 2.50. The van der Waals surface area contributed by atoms with Gasteiger partial charge in [-0.2, -0.15) is 0 Å². The van der Waals surface area contributed by atoms with Crippen LogP contribution < -0.4 is 9.47 Å². The Kier molecular flexibility index (Phi) is 3.97. The van der Waals surface area contributed by atoms with Crippen molar-refractivity contribution in [2.45, 2.75) is 31.6 Å². The number of nitrogens with one attached hydrogen (secondary N) is 1. The molecule has 0 radical (unpaired) electrons. The summed E-state index contributed by atoms with van der Waals surface area (Å²) in [5, 5.41) is 1.20. The number of Topliss-reactive ketones (excluding diaryl/α,β-unsaturated/α-hetero) is 1. The minimum Gasteiger partial charge on any atom is -0.454 e. The second-order valence-electron chi connectivity index (χ2n) is 8.68. The average Bonchev–Trinajstić information content (AvgIpc) is 3.24. The van der Waals surface area contributed by atoms with Crippen molar-refractivity contribution in [1.29, 1.82) is 0 Å². The van der Waals surface area contributed by atoms with Crippen LogP contribution in [0.15, 0.2) is 66.9 Å². The molecule has 0 saturated heterocycles. The molecule has 1 aromatic heterocycles. The Bertz CT molecular complexity index is 1330. The normalized spacial score (nSPS) is 15.9. The largest absolute Gasteiger partial charge is 0.454 e. The highest BCUT2D eigenvalue weighted by molar-refractivity contribution is 5.95. The lowest BCUT2D eigenvalue weighted by molar-refractivity contribution is -0.120. The zero-order valence-electron chi connectivity index (χ0n) is 17.4. The van der Waals surface area contributed by atoms with Crippen molar-refractivity contribution in [1.82, 2.24) is 4.98 Å². The van der Waals surface area contributed by atoms with Gasteiger partial charge in [0, 0.05) is 18.1 Å². The third-order valence-electron chi connectivity index (χ3n) is 6.74. The molecule has 6 rings (SSSR count). The van der Waals surface area contributed by atoms with Crippen LogP contribution in [-0.2, 0) is 16.6 Å². The number of aryl methyl sites for hydroxylation is 1. The van der Waals surface area contributed by atoms with Crippen molar-refractivity contribution in [3.63, 3.8) is 0 Å². The predicted molar refractivity (Wildman–Crippen MR) is 121 cm³/mol. The van der Waals surface area contributed by atoms with Gasteiger partial charge in [-0.05, 0) is 77.2 Å². The van der Waals surface area contributed by atoms with E-state index >= 15 is 0 Å². The molecule has 0 amide bonds. The summed E-state index contributed by atoms with van der Waals surface area (Å²) >= 11 is 0. The molecule has 1 fully saturated rings. The quantitative estimate of drug-likeness (QED) is 0.459. The summed E-state index contributed by atoms with van der Waals surface area (Å²) in [7, 11) is 0. The lowest BCUT2D eigenvalue weighted by atomic mass is 9.87. The van der Waals surface area contributed by atoms with E-state index in [-0.39, 0.29) is 18.0 Å². The number of benzene rings is 3. The molecule has 1 saturated carbocycles. The van der Waals surface area contributed by atoms with Crippen molar-refractivity contribution in [3.05, 3.63) is 83.6 Å². The molecule has 0 unspecified atom stereocenters. The number of rotatable bonds is 5. The van der Waals surface area contributed by atoms with Crippen LogP contribution in [0.4, 0.5) is 0 Å². The summed E-state index contributed by atoms with van der Waals surface area (Å²) in [6.45, 7) is 2.37. The highest BCUT2D eigenvalue weighted by atomic mass is 16.7. The van der Waals surface area contributed by atoms with E-state index in [0.29, 0.717) is 6.42 Å². The van der Waals surface area contributed by atoms with Crippen LogP contribution in [0.5, 0.6) is 11.5 Å². The molecule has 4 aromatic rings. The molecule has 4 nitrogen and oxygen atoms in total. The summed E-state index contributed by atoms with van der Waals surface area (Å²) in [5.41, 5.74) is 6.40. The summed E-state index contributed by atoms with van der Waals surface area (Å²) in [6.07, 6.45) is 4.19. The van der Waals surface area contributed by atoms with Crippen LogP contribution in [0.25, 0.3) is 22.0 Å². The van der Waals surface area contributed by atoms with Gasteiger partial charge in [-0.15, -0.1) is 0 Å². The molecule has 4 heteroatoms. The van der Waals surface area contributed by atoms with Gasteiger partial charge in [0.25, 0.3) is 0 Å². The van der Waals surface area contributed by atoms with Crippen LogP contribution in [0.2, 0.25) is 0 Å². The van der Waals surface area contributed by atoms with Gasteiger partial charge in [-0.25, -0.2) is 0 Å². The molecule has 0 atom stereocenters. The minimum absolute atomic E-state index is 0.250. The predicted octanol–water partition coefficient (Wildman–Crippen LogP) is 5.72. The Morgan fingerprint density at radius 3 is 2.71 bits per heavy atom. The van der Waals surface area contributed by atoms with Crippen molar-refractivity contribution in [2.75, 3.05) is 6.79 Å². The number of aromatic amines is 1. The molecule has 1 N–H and O–H groups in total. The van der Waals surface area contributed by atoms with Crippen molar-refractivity contribution < 1.29 is 14.3 Å². The fourth-order valence-electron chi connectivity index (χ4n) is 4.71. The first-order valence-electron chi connectivity index (χ1n) is 10.7. The molecule has 1 aliphatic carbocycles. The fraction of sp³-hybridized carbons (Fsp3) is 0.222. The molecule has 2 heterocycles. The van der Waals surface area contributed by atoms with E-state index in [0.717, 1.165) is 41.0 Å². The molecule has 1 aliphatic heterocycles. The lowest BCUT2D eigenvalue weighted by Gasteiger charge is -2.16. The minimum atomic E-state index is -0.380. The van der Waals surface area contributed by atoms with E-state index in [1.165, 1.54) is 22.1 Å². The topological polar surface area (TPSA) is 51.3 Å². The maximum absolute atomic E-state index is 13.4. The first kappa shape index (κ1) is 18.3. The number of hydrogen-bond acceptors (Lipinski definition) is 3. The van der Waals surface area contributed by atoms with Gasteiger partial charge in [-0.3, -0.25) is 4.79 Å². The molecule has 0 bridgehead atoms. The Balaban J connectivity index is 1.29. The van der Waals surface area contributed by atoms with Crippen LogP contribution >= 0.6 is 0 Å². The fourth-order valence-corrected chi connectivity index (χ4v) is 4.71. The van der Waals surface area contributed by atoms with Gasteiger partial charge in [0.2, 0.25) is 6.79 Å². The van der Waals surface area contributed by atoms with Crippen LogP contribution in [-0.4, -0.2) is 17.6 Å². The van der Waals surface area contributed by atoms with Gasteiger partial charge in [-0.1, -0.05) is 36.4 Å². The lowest BCUT2D eigenvalue weighted by Crippen LogP contribution is -2.22.